The number of aliphatic hydroxyl groups excluding tert-OH is 1. The van der Waals surface area contributed by atoms with E-state index >= 15 is 0 Å². The number of hydrogen-bond acceptors (Lipinski definition) is 3. The van der Waals surface area contributed by atoms with E-state index in [0.29, 0.717) is 0 Å². The Morgan fingerprint density at radius 2 is 2.21 bits per heavy atom. The van der Waals surface area contributed by atoms with Crippen molar-refractivity contribution in [2.45, 2.75) is 6.10 Å². The van der Waals surface area contributed by atoms with Crippen LogP contribution in [0.4, 0.5) is 8.78 Å². The van der Waals surface area contributed by atoms with Crippen LogP contribution in [0.3, 0.4) is 0 Å². The third-order valence-corrected chi connectivity index (χ3v) is 1.93. The van der Waals surface area contributed by atoms with Crippen molar-refractivity contribution in [3.8, 4) is 11.5 Å². The molecule has 3 nitrogen and oxygen atoms in total. The molecule has 0 aliphatic carbocycles. The van der Waals surface area contributed by atoms with Crippen LogP contribution in [0.15, 0.2) is 12.1 Å². The first-order valence-corrected chi connectivity index (χ1v) is 4.10. The van der Waals surface area contributed by atoms with Gasteiger partial charge in [0, 0.05) is 0 Å². The summed E-state index contributed by atoms with van der Waals surface area (Å²) < 4.78 is 36.0. The first-order valence-electron chi connectivity index (χ1n) is 4.10. The molecule has 14 heavy (non-hydrogen) atoms. The van der Waals surface area contributed by atoms with Crippen molar-refractivity contribution in [3.05, 3.63) is 23.8 Å². The predicted molar refractivity (Wildman–Crippen MR) is 43.4 cm³/mol. The summed E-state index contributed by atoms with van der Waals surface area (Å²) >= 11 is 0. The normalized spacial score (nSPS) is 19.5. The average Bonchev–Trinajstić information content (AvgIpc) is 2.23. The molecule has 1 heterocycles. The molecule has 76 valence electrons. The summed E-state index contributed by atoms with van der Waals surface area (Å²) in [4.78, 5) is 0. The van der Waals surface area contributed by atoms with E-state index in [0.717, 1.165) is 6.07 Å². The molecule has 0 saturated heterocycles. The Balaban J connectivity index is 2.38. The third-order valence-electron chi connectivity index (χ3n) is 1.93. The van der Waals surface area contributed by atoms with Gasteiger partial charge >= 0.3 is 0 Å². The summed E-state index contributed by atoms with van der Waals surface area (Å²) in [5.41, 5.74) is 0. The number of hydrogen-bond donors (Lipinski definition) is 1. The van der Waals surface area contributed by atoms with Crippen molar-refractivity contribution in [2.75, 3.05) is 13.2 Å². The van der Waals surface area contributed by atoms with Gasteiger partial charge in [-0.1, -0.05) is 0 Å². The van der Waals surface area contributed by atoms with Crippen molar-refractivity contribution < 1.29 is 23.4 Å². The van der Waals surface area contributed by atoms with Crippen LogP contribution in [0.1, 0.15) is 0 Å². The summed E-state index contributed by atoms with van der Waals surface area (Å²) in [6.07, 6.45) is -0.640. The Kier molecular flexibility index (Phi) is 2.25. The quantitative estimate of drug-likeness (QED) is 0.741. The molecule has 5 heteroatoms. The number of ether oxygens (including phenoxy) is 2. The van der Waals surface area contributed by atoms with E-state index < -0.39 is 17.7 Å². The van der Waals surface area contributed by atoms with Crippen LogP contribution in [-0.4, -0.2) is 24.4 Å². The van der Waals surface area contributed by atoms with E-state index in [1.165, 1.54) is 6.07 Å². The lowest BCUT2D eigenvalue weighted by atomic mass is 10.2. The lowest BCUT2D eigenvalue weighted by Gasteiger charge is -2.25. The van der Waals surface area contributed by atoms with Gasteiger partial charge in [-0.3, -0.25) is 0 Å². The Bertz CT molecular complexity index is 354. The van der Waals surface area contributed by atoms with Crippen molar-refractivity contribution in [2.24, 2.45) is 0 Å². The van der Waals surface area contributed by atoms with Gasteiger partial charge in [0.1, 0.15) is 6.61 Å². The summed E-state index contributed by atoms with van der Waals surface area (Å²) in [5.74, 6) is -2.18. The second kappa shape index (κ2) is 3.42. The molecule has 0 spiro atoms. The maximum absolute atomic E-state index is 13.1. The van der Waals surface area contributed by atoms with E-state index in [1.807, 2.05) is 0 Å². The van der Waals surface area contributed by atoms with Crippen molar-refractivity contribution in [1.29, 1.82) is 0 Å². The number of fused-ring (bicyclic) bond motifs is 1. The minimum absolute atomic E-state index is 0.134. The molecule has 1 aliphatic heterocycles. The fourth-order valence-electron chi connectivity index (χ4n) is 1.21. The van der Waals surface area contributed by atoms with Crippen molar-refractivity contribution in [3.63, 3.8) is 0 Å². The molecule has 0 amide bonds. The van der Waals surface area contributed by atoms with Crippen molar-refractivity contribution >= 4 is 0 Å². The molecule has 0 fully saturated rings. The molecule has 1 aliphatic rings. The molecule has 0 bridgehead atoms. The maximum atomic E-state index is 13.1. The summed E-state index contributed by atoms with van der Waals surface area (Å²) in [7, 11) is 0. The molecule has 1 N–H and O–H groups in total. The maximum Gasteiger partial charge on any atom is 0.204 e. The highest BCUT2D eigenvalue weighted by Crippen LogP contribution is 2.35. The molecule has 1 atom stereocenters. The van der Waals surface area contributed by atoms with Gasteiger partial charge in [-0.15, -0.1) is 0 Å². The molecule has 1 aromatic carbocycles. The second-order valence-electron chi connectivity index (χ2n) is 2.92. The first kappa shape index (κ1) is 9.21. The van der Waals surface area contributed by atoms with E-state index in [1.54, 1.807) is 0 Å². The van der Waals surface area contributed by atoms with Crippen LogP contribution in [0.25, 0.3) is 0 Å². The Hall–Kier alpha value is -1.36. The Labute approximate surface area is 78.9 Å². The number of benzene rings is 1. The van der Waals surface area contributed by atoms with Gasteiger partial charge in [-0.2, -0.15) is 4.39 Å². The summed E-state index contributed by atoms with van der Waals surface area (Å²) in [6, 6.07) is 2.26. The highest BCUT2D eigenvalue weighted by molar-refractivity contribution is 5.42. The molecule has 1 unspecified atom stereocenters. The SMILES string of the molecule is OCC1COc2ccc(F)c(F)c2O1. The highest BCUT2D eigenvalue weighted by Gasteiger charge is 2.25. The Morgan fingerprint density at radius 3 is 2.93 bits per heavy atom. The minimum atomic E-state index is -1.08. The van der Waals surface area contributed by atoms with Gasteiger partial charge in [0.15, 0.2) is 17.7 Å². The number of aliphatic hydroxyl groups is 1. The van der Waals surface area contributed by atoms with Crippen molar-refractivity contribution in [1.82, 2.24) is 0 Å². The average molecular weight is 202 g/mol. The molecular weight excluding hydrogens is 194 g/mol. The van der Waals surface area contributed by atoms with E-state index in [-0.39, 0.29) is 24.7 Å². The first-order chi connectivity index (χ1) is 6.72. The molecule has 0 saturated carbocycles. The predicted octanol–water partition coefficient (Wildman–Crippen LogP) is 1.10. The summed E-state index contributed by atoms with van der Waals surface area (Å²) in [5, 5.41) is 8.76. The van der Waals surface area contributed by atoms with E-state index in [2.05, 4.69) is 0 Å². The highest BCUT2D eigenvalue weighted by atomic mass is 19.2. The van der Waals surface area contributed by atoms with Gasteiger partial charge in [-0.05, 0) is 12.1 Å². The van der Waals surface area contributed by atoms with Gasteiger partial charge in [0.25, 0.3) is 0 Å². The van der Waals surface area contributed by atoms with Crippen LogP contribution < -0.4 is 9.47 Å². The molecule has 0 radical (unpaired) electrons. The lowest BCUT2D eigenvalue weighted by Crippen LogP contribution is -2.32. The smallest absolute Gasteiger partial charge is 0.204 e. The second-order valence-corrected chi connectivity index (χ2v) is 2.92. The number of halogens is 2. The monoisotopic (exact) mass is 202 g/mol. The molecule has 2 rings (SSSR count). The zero-order valence-corrected chi connectivity index (χ0v) is 7.17. The Morgan fingerprint density at radius 1 is 1.43 bits per heavy atom. The third kappa shape index (κ3) is 1.39. The largest absolute Gasteiger partial charge is 0.486 e. The van der Waals surface area contributed by atoms with Gasteiger partial charge in [0.2, 0.25) is 11.6 Å². The van der Waals surface area contributed by atoms with Crippen LogP contribution in [0, 0.1) is 11.6 Å². The van der Waals surface area contributed by atoms with Crippen LogP contribution in [-0.2, 0) is 0 Å². The van der Waals surface area contributed by atoms with Gasteiger partial charge in [0.05, 0.1) is 6.61 Å². The molecular formula is C9H8F2O3. The van der Waals surface area contributed by atoms with Crippen LogP contribution in [0.5, 0.6) is 11.5 Å². The van der Waals surface area contributed by atoms with Gasteiger partial charge < -0.3 is 14.6 Å². The molecule has 0 aromatic heterocycles. The van der Waals surface area contributed by atoms with Crippen LogP contribution in [0.2, 0.25) is 0 Å². The lowest BCUT2D eigenvalue weighted by molar-refractivity contribution is 0.0410. The van der Waals surface area contributed by atoms with Crippen LogP contribution >= 0.6 is 0 Å². The standard InChI is InChI=1S/C9H8F2O3/c10-6-1-2-7-9(8(6)11)14-5(3-12)4-13-7/h1-2,5,12H,3-4H2. The number of rotatable bonds is 1. The fourth-order valence-corrected chi connectivity index (χ4v) is 1.21. The molecule has 1 aromatic rings. The summed E-state index contributed by atoms with van der Waals surface area (Å²) in [6.45, 7) is -0.163. The zero-order valence-electron chi connectivity index (χ0n) is 7.17. The zero-order chi connectivity index (χ0) is 10.1. The van der Waals surface area contributed by atoms with E-state index in [9.17, 15) is 8.78 Å². The fraction of sp³-hybridized carbons (Fsp3) is 0.333. The topological polar surface area (TPSA) is 38.7 Å². The van der Waals surface area contributed by atoms with E-state index in [4.69, 9.17) is 14.6 Å². The minimum Gasteiger partial charge on any atom is -0.486 e. The van der Waals surface area contributed by atoms with Gasteiger partial charge in [-0.25, -0.2) is 4.39 Å².